The molecular weight excluding hydrogens is 528 g/mol. The Balaban J connectivity index is 1.39. The Bertz CT molecular complexity index is 1870. The Morgan fingerprint density at radius 1 is 0.821 bits per heavy atom. The summed E-state index contributed by atoms with van der Waals surface area (Å²) in [6.07, 6.45) is 0. The van der Waals surface area contributed by atoms with Crippen LogP contribution in [0.1, 0.15) is 42.2 Å². The highest BCUT2D eigenvalue weighted by atomic mass is 32.1. The summed E-state index contributed by atoms with van der Waals surface area (Å²) in [6.45, 7) is 0.208. The molecule has 190 valence electrons. The Labute approximate surface area is 231 Å². The zero-order valence-electron chi connectivity index (χ0n) is 20.4. The van der Waals surface area contributed by atoms with Crippen molar-refractivity contribution < 1.29 is 19.5 Å². The zero-order valence-corrected chi connectivity index (χ0v) is 22.0. The first-order valence-corrected chi connectivity index (χ1v) is 13.8. The molecule has 8 heteroatoms. The van der Waals surface area contributed by atoms with Crippen LogP contribution >= 0.6 is 22.9 Å². The number of nitrogens with one attached hydrogen (secondary N) is 1. The molecule has 4 aromatic carbocycles. The van der Waals surface area contributed by atoms with Crippen LogP contribution in [0.3, 0.4) is 0 Å². The average Bonchev–Trinajstić information content (AvgIpc) is 3.66. The van der Waals surface area contributed by atoms with Gasteiger partial charge in [0.15, 0.2) is 5.78 Å². The Morgan fingerprint density at radius 2 is 1.59 bits per heavy atom. The summed E-state index contributed by atoms with van der Waals surface area (Å²) in [5.74, 6) is -1.48. The van der Waals surface area contributed by atoms with Gasteiger partial charge in [0.1, 0.15) is 0 Å². The van der Waals surface area contributed by atoms with Crippen LogP contribution in [-0.2, 0) is 6.54 Å². The van der Waals surface area contributed by atoms with Crippen molar-refractivity contribution >= 4 is 61.4 Å². The minimum atomic E-state index is -1.01. The van der Waals surface area contributed by atoms with Crippen molar-refractivity contribution in [3.8, 4) is 11.3 Å². The summed E-state index contributed by atoms with van der Waals surface area (Å²) < 4.78 is 5.25. The van der Waals surface area contributed by atoms with E-state index in [0.29, 0.717) is 22.1 Å². The largest absolute Gasteiger partial charge is 0.478 e. The normalized spacial score (nSPS) is 11.1. The lowest BCUT2D eigenvalue weighted by atomic mass is 9.95. The van der Waals surface area contributed by atoms with Crippen LogP contribution in [-0.4, -0.2) is 27.1 Å². The maximum Gasteiger partial charge on any atom is 0.335 e. The fourth-order valence-corrected chi connectivity index (χ4v) is 6.08. The van der Waals surface area contributed by atoms with Crippen LogP contribution < -0.4 is 5.32 Å². The van der Waals surface area contributed by atoms with Gasteiger partial charge in [0.2, 0.25) is 0 Å². The Hall–Kier alpha value is -4.66. The van der Waals surface area contributed by atoms with Gasteiger partial charge in [-0.3, -0.25) is 9.59 Å². The molecule has 0 fully saturated rings. The maximum absolute atomic E-state index is 13.7. The van der Waals surface area contributed by atoms with Gasteiger partial charge in [-0.25, -0.2) is 4.79 Å². The van der Waals surface area contributed by atoms with Gasteiger partial charge in [-0.05, 0) is 64.3 Å². The summed E-state index contributed by atoms with van der Waals surface area (Å²) in [5.41, 5.74) is 3.93. The SMILES string of the molecule is O=C(O)c1ccc(CNC(=O)c2cc(-c3ccsn3)cc3scc(C(=O)c4ccc5ccccc5c4)c23)cc1. The number of carboxylic acids is 1. The van der Waals surface area contributed by atoms with Gasteiger partial charge in [-0.15, -0.1) is 11.3 Å². The minimum absolute atomic E-state index is 0.147. The van der Waals surface area contributed by atoms with Gasteiger partial charge in [0, 0.05) is 49.6 Å². The summed E-state index contributed by atoms with van der Waals surface area (Å²) in [5, 5.41) is 18.4. The van der Waals surface area contributed by atoms with Crippen LogP contribution in [0.2, 0.25) is 0 Å². The van der Waals surface area contributed by atoms with E-state index >= 15 is 0 Å². The number of carbonyl (C=O) groups is 3. The van der Waals surface area contributed by atoms with Gasteiger partial charge in [0.25, 0.3) is 5.91 Å². The number of carboxylic acid groups (broad SMARTS) is 1. The summed E-state index contributed by atoms with van der Waals surface area (Å²) in [4.78, 5) is 38.5. The molecule has 2 heterocycles. The Kier molecular flexibility index (Phi) is 6.48. The van der Waals surface area contributed by atoms with Crippen LogP contribution in [0.25, 0.3) is 32.1 Å². The molecule has 0 aliphatic heterocycles. The number of thiophene rings is 1. The molecule has 0 bridgehead atoms. The lowest BCUT2D eigenvalue weighted by Gasteiger charge is -2.11. The van der Waals surface area contributed by atoms with E-state index in [9.17, 15) is 14.4 Å². The van der Waals surface area contributed by atoms with E-state index in [1.807, 2.05) is 65.4 Å². The third-order valence-electron chi connectivity index (χ3n) is 6.56. The molecule has 0 saturated heterocycles. The number of rotatable bonds is 7. The smallest absolute Gasteiger partial charge is 0.335 e. The quantitative estimate of drug-likeness (QED) is 0.209. The van der Waals surface area contributed by atoms with E-state index in [0.717, 1.165) is 32.3 Å². The summed E-state index contributed by atoms with van der Waals surface area (Å²) in [7, 11) is 0. The number of hydrogen-bond donors (Lipinski definition) is 2. The molecule has 6 nitrogen and oxygen atoms in total. The van der Waals surface area contributed by atoms with Crippen molar-refractivity contribution in [1.29, 1.82) is 0 Å². The average molecular weight is 549 g/mol. The predicted molar refractivity (Wildman–Crippen MR) is 155 cm³/mol. The van der Waals surface area contributed by atoms with Crippen molar-refractivity contribution in [3.63, 3.8) is 0 Å². The van der Waals surface area contributed by atoms with Crippen LogP contribution in [0.5, 0.6) is 0 Å². The number of aromatic nitrogens is 1. The summed E-state index contributed by atoms with van der Waals surface area (Å²) in [6, 6.07) is 25.5. The number of hydrogen-bond acceptors (Lipinski definition) is 6. The minimum Gasteiger partial charge on any atom is -0.478 e. The van der Waals surface area contributed by atoms with Gasteiger partial charge >= 0.3 is 5.97 Å². The number of fused-ring (bicyclic) bond motifs is 2. The van der Waals surface area contributed by atoms with Crippen molar-refractivity contribution in [3.05, 3.63) is 124 Å². The molecular formula is C31H20N2O4S2. The van der Waals surface area contributed by atoms with Gasteiger partial charge in [-0.2, -0.15) is 4.37 Å². The second-order valence-electron chi connectivity index (χ2n) is 9.01. The van der Waals surface area contributed by atoms with Crippen molar-refractivity contribution in [2.24, 2.45) is 0 Å². The first-order chi connectivity index (χ1) is 19.0. The van der Waals surface area contributed by atoms with Crippen molar-refractivity contribution in [2.45, 2.75) is 6.54 Å². The maximum atomic E-state index is 13.7. The van der Waals surface area contributed by atoms with Crippen LogP contribution in [0.4, 0.5) is 0 Å². The van der Waals surface area contributed by atoms with Gasteiger partial charge < -0.3 is 10.4 Å². The topological polar surface area (TPSA) is 96.4 Å². The highest BCUT2D eigenvalue weighted by molar-refractivity contribution is 7.17. The molecule has 0 unspecified atom stereocenters. The molecule has 0 aliphatic rings. The molecule has 0 spiro atoms. The number of carbonyl (C=O) groups excluding carboxylic acids is 2. The van der Waals surface area contributed by atoms with E-state index in [4.69, 9.17) is 5.11 Å². The molecule has 0 atom stereocenters. The van der Waals surface area contributed by atoms with E-state index in [-0.39, 0.29) is 23.8 Å². The number of nitrogens with zero attached hydrogens (tertiary/aromatic N) is 1. The fourth-order valence-electron chi connectivity index (χ4n) is 4.55. The standard InChI is InChI=1S/C31H20N2O4S2/c34-29(22-10-9-19-3-1-2-4-21(19)13-22)25-17-38-27-15-23(26-11-12-39-33-26)14-24(28(25)27)30(35)32-16-18-5-7-20(8-6-18)31(36)37/h1-15,17H,16H2,(H,32,35)(H,36,37). The van der Waals surface area contributed by atoms with E-state index in [1.165, 1.54) is 35.0 Å². The number of amides is 1. The lowest BCUT2D eigenvalue weighted by molar-refractivity contribution is 0.0696. The molecule has 0 aliphatic carbocycles. The van der Waals surface area contributed by atoms with Crippen LogP contribution in [0, 0.1) is 0 Å². The van der Waals surface area contributed by atoms with Gasteiger partial charge in [-0.1, -0.05) is 48.5 Å². The highest BCUT2D eigenvalue weighted by Crippen LogP contribution is 2.35. The molecule has 1 amide bonds. The molecule has 0 saturated carbocycles. The van der Waals surface area contributed by atoms with Crippen LogP contribution in [0.15, 0.2) is 95.7 Å². The monoisotopic (exact) mass is 548 g/mol. The van der Waals surface area contributed by atoms with E-state index in [2.05, 4.69) is 9.69 Å². The third-order valence-corrected chi connectivity index (χ3v) is 8.05. The molecule has 6 aromatic rings. The van der Waals surface area contributed by atoms with Crippen molar-refractivity contribution in [2.75, 3.05) is 0 Å². The first kappa shape index (κ1) is 24.7. The van der Waals surface area contributed by atoms with E-state index in [1.54, 1.807) is 18.2 Å². The predicted octanol–water partition coefficient (Wildman–Crippen LogP) is 7.04. The van der Waals surface area contributed by atoms with E-state index < -0.39 is 5.97 Å². The molecule has 39 heavy (non-hydrogen) atoms. The second kappa shape index (κ2) is 10.2. The Morgan fingerprint density at radius 3 is 2.33 bits per heavy atom. The number of aromatic carboxylic acids is 1. The second-order valence-corrected chi connectivity index (χ2v) is 10.6. The first-order valence-electron chi connectivity index (χ1n) is 12.1. The highest BCUT2D eigenvalue weighted by Gasteiger charge is 2.22. The molecule has 6 rings (SSSR count). The summed E-state index contributed by atoms with van der Waals surface area (Å²) >= 11 is 2.75. The third kappa shape index (κ3) is 4.83. The number of ketones is 1. The fraction of sp³-hybridized carbons (Fsp3) is 0.0323. The zero-order chi connectivity index (χ0) is 26.9. The molecule has 0 radical (unpaired) electrons. The van der Waals surface area contributed by atoms with Crippen molar-refractivity contribution in [1.82, 2.24) is 9.69 Å². The lowest BCUT2D eigenvalue weighted by Crippen LogP contribution is -2.23. The van der Waals surface area contributed by atoms with Gasteiger partial charge in [0.05, 0.1) is 11.3 Å². The molecule has 2 aromatic heterocycles. The number of benzene rings is 4. The molecule has 2 N–H and O–H groups in total.